The fraction of sp³-hybridized carbons (Fsp3) is 0.344. The Labute approximate surface area is 222 Å². The Hall–Kier alpha value is -3.41. The third-order valence-electron chi connectivity index (χ3n) is 6.83. The average Bonchev–Trinajstić information content (AvgIpc) is 3.31. The number of amidine groups is 1. The van der Waals surface area contributed by atoms with Crippen LogP contribution in [0.3, 0.4) is 0 Å². The number of fused-ring (bicyclic) bond motifs is 2. The van der Waals surface area contributed by atoms with Crippen molar-refractivity contribution < 1.29 is 0 Å². The number of H-pyrrole nitrogens is 1. The predicted octanol–water partition coefficient (Wildman–Crippen LogP) is 6.75. The van der Waals surface area contributed by atoms with E-state index in [0.717, 1.165) is 37.3 Å². The van der Waals surface area contributed by atoms with Gasteiger partial charge in [-0.3, -0.25) is 5.32 Å². The van der Waals surface area contributed by atoms with E-state index in [1.54, 1.807) is 0 Å². The zero-order valence-corrected chi connectivity index (χ0v) is 23.2. The van der Waals surface area contributed by atoms with Gasteiger partial charge in [0.05, 0.1) is 0 Å². The molecule has 1 aliphatic heterocycles. The lowest BCUT2D eigenvalue weighted by Crippen LogP contribution is -2.31. The number of aromatic amines is 1. The Kier molecular flexibility index (Phi) is 8.80. The quantitative estimate of drug-likeness (QED) is 0.248. The highest BCUT2D eigenvalue weighted by atomic mass is 15.2. The van der Waals surface area contributed by atoms with Gasteiger partial charge in [0.2, 0.25) is 0 Å². The maximum absolute atomic E-state index is 5.09. The molecule has 5 heteroatoms. The number of nitrogens with one attached hydrogen (secondary N) is 3. The van der Waals surface area contributed by atoms with Crippen molar-refractivity contribution in [1.29, 1.82) is 0 Å². The number of benzene rings is 3. The maximum atomic E-state index is 5.09. The topological polar surface area (TPSA) is 55.5 Å². The van der Waals surface area contributed by atoms with Crippen molar-refractivity contribution in [3.05, 3.63) is 100 Å². The van der Waals surface area contributed by atoms with Gasteiger partial charge in [0, 0.05) is 33.9 Å². The van der Waals surface area contributed by atoms with Crippen LogP contribution in [0.5, 0.6) is 0 Å². The summed E-state index contributed by atoms with van der Waals surface area (Å²) in [6.07, 6.45) is 4.15. The Morgan fingerprint density at radius 2 is 1.68 bits per heavy atom. The van der Waals surface area contributed by atoms with Gasteiger partial charge in [-0.1, -0.05) is 78.7 Å². The summed E-state index contributed by atoms with van der Waals surface area (Å²) in [6, 6.07) is 21.4. The van der Waals surface area contributed by atoms with Gasteiger partial charge < -0.3 is 15.2 Å². The second kappa shape index (κ2) is 12.2. The van der Waals surface area contributed by atoms with Crippen LogP contribution < -0.4 is 10.6 Å². The number of anilines is 1. The zero-order chi connectivity index (χ0) is 26.4. The number of hydrogen-bond acceptors (Lipinski definition) is 4. The number of aryl methyl sites for hydroxylation is 4. The molecule has 0 bridgehead atoms. The SMILES string of the molecule is CCc1cccc2c(C3=NC(NCCCN(C)C)c4cccc(C)c4N3)c[nH]c12.Cc1cccc(C)c1. The van der Waals surface area contributed by atoms with Crippen LogP contribution in [-0.4, -0.2) is 42.9 Å². The largest absolute Gasteiger partial charge is 0.360 e. The summed E-state index contributed by atoms with van der Waals surface area (Å²) in [5.74, 6) is 0.927. The van der Waals surface area contributed by atoms with E-state index in [-0.39, 0.29) is 6.17 Å². The van der Waals surface area contributed by atoms with Crippen molar-refractivity contribution in [2.24, 2.45) is 4.99 Å². The molecular formula is C32H41N5. The highest BCUT2D eigenvalue weighted by Gasteiger charge is 2.24. The minimum atomic E-state index is -0.0392. The summed E-state index contributed by atoms with van der Waals surface area (Å²) in [4.78, 5) is 10.8. The molecule has 5 nitrogen and oxygen atoms in total. The normalized spacial score (nSPS) is 14.6. The summed E-state index contributed by atoms with van der Waals surface area (Å²) in [5.41, 5.74) is 9.97. The fourth-order valence-corrected chi connectivity index (χ4v) is 4.88. The van der Waals surface area contributed by atoms with Crippen molar-refractivity contribution in [3.8, 4) is 0 Å². The summed E-state index contributed by atoms with van der Waals surface area (Å²) in [7, 11) is 4.22. The highest BCUT2D eigenvalue weighted by molar-refractivity contribution is 6.17. The van der Waals surface area contributed by atoms with E-state index in [0.29, 0.717) is 0 Å². The molecule has 5 rings (SSSR count). The second-order valence-electron chi connectivity index (χ2n) is 10.2. The molecule has 0 fully saturated rings. The van der Waals surface area contributed by atoms with Crippen LogP contribution in [0.2, 0.25) is 0 Å². The molecule has 0 radical (unpaired) electrons. The van der Waals surface area contributed by atoms with E-state index in [9.17, 15) is 0 Å². The molecule has 2 heterocycles. The first-order valence-electron chi connectivity index (χ1n) is 13.3. The minimum Gasteiger partial charge on any atom is -0.360 e. The summed E-state index contributed by atoms with van der Waals surface area (Å²) < 4.78 is 0. The molecule has 194 valence electrons. The molecule has 1 aliphatic rings. The van der Waals surface area contributed by atoms with Gasteiger partial charge in [-0.2, -0.15) is 0 Å². The summed E-state index contributed by atoms with van der Waals surface area (Å²) in [5, 5.41) is 8.50. The number of nitrogens with zero attached hydrogens (tertiary/aromatic N) is 2. The van der Waals surface area contributed by atoms with Gasteiger partial charge in [-0.15, -0.1) is 0 Å². The number of aliphatic imine (C=N–C) groups is 1. The Balaban J connectivity index is 0.000000342. The van der Waals surface area contributed by atoms with Crippen molar-refractivity contribution >= 4 is 22.4 Å². The van der Waals surface area contributed by atoms with Crippen molar-refractivity contribution in [1.82, 2.24) is 15.2 Å². The molecule has 0 saturated heterocycles. The van der Waals surface area contributed by atoms with Crippen LogP contribution in [0.4, 0.5) is 5.69 Å². The predicted molar refractivity (Wildman–Crippen MR) is 159 cm³/mol. The van der Waals surface area contributed by atoms with E-state index in [2.05, 4.69) is 129 Å². The van der Waals surface area contributed by atoms with Crippen molar-refractivity contribution in [2.75, 3.05) is 32.5 Å². The molecule has 1 unspecified atom stereocenters. The van der Waals surface area contributed by atoms with Gasteiger partial charge in [-0.05, 0) is 71.9 Å². The average molecular weight is 496 g/mol. The van der Waals surface area contributed by atoms with Gasteiger partial charge in [0.25, 0.3) is 0 Å². The first-order chi connectivity index (χ1) is 17.9. The van der Waals surface area contributed by atoms with E-state index < -0.39 is 0 Å². The highest BCUT2D eigenvalue weighted by Crippen LogP contribution is 2.33. The minimum absolute atomic E-state index is 0.0392. The maximum Gasteiger partial charge on any atom is 0.137 e. The molecule has 0 saturated carbocycles. The number of aromatic nitrogens is 1. The molecule has 0 spiro atoms. The van der Waals surface area contributed by atoms with Crippen molar-refractivity contribution in [3.63, 3.8) is 0 Å². The standard InChI is InChI=1S/C24H31N5.C8H10/c1-5-17-10-7-11-18-20(15-26-22(17)18)24-27-21-16(2)9-6-12-19(21)23(28-24)25-13-8-14-29(3)4;1-7-4-3-5-8(2)6-7/h6-7,9-12,15,23,25-26H,5,8,13-14H2,1-4H3,(H,27,28);3-6H,1-2H3. The van der Waals surface area contributed by atoms with Gasteiger partial charge >= 0.3 is 0 Å². The Bertz CT molecular complexity index is 1350. The fourth-order valence-electron chi connectivity index (χ4n) is 4.88. The van der Waals surface area contributed by atoms with Crippen LogP contribution in [0.25, 0.3) is 10.9 Å². The zero-order valence-electron chi connectivity index (χ0n) is 23.2. The third kappa shape index (κ3) is 6.48. The monoisotopic (exact) mass is 495 g/mol. The molecule has 0 amide bonds. The van der Waals surface area contributed by atoms with E-state index in [1.807, 2.05) is 0 Å². The lowest BCUT2D eigenvalue weighted by Gasteiger charge is -2.27. The molecule has 1 atom stereocenters. The Morgan fingerprint density at radius 1 is 0.946 bits per heavy atom. The van der Waals surface area contributed by atoms with E-state index in [4.69, 9.17) is 4.99 Å². The smallest absolute Gasteiger partial charge is 0.137 e. The molecule has 3 aromatic carbocycles. The van der Waals surface area contributed by atoms with Crippen LogP contribution in [0.15, 0.2) is 71.9 Å². The van der Waals surface area contributed by atoms with E-state index >= 15 is 0 Å². The summed E-state index contributed by atoms with van der Waals surface area (Å²) >= 11 is 0. The molecule has 37 heavy (non-hydrogen) atoms. The van der Waals surface area contributed by atoms with E-state index in [1.165, 1.54) is 44.4 Å². The molecule has 0 aliphatic carbocycles. The summed E-state index contributed by atoms with van der Waals surface area (Å²) in [6.45, 7) is 10.6. The second-order valence-corrected chi connectivity index (χ2v) is 10.2. The van der Waals surface area contributed by atoms with Gasteiger partial charge in [-0.25, -0.2) is 4.99 Å². The van der Waals surface area contributed by atoms with Crippen LogP contribution in [0, 0.1) is 20.8 Å². The van der Waals surface area contributed by atoms with Gasteiger partial charge in [0.1, 0.15) is 12.0 Å². The molecule has 3 N–H and O–H groups in total. The lowest BCUT2D eigenvalue weighted by molar-refractivity contribution is 0.387. The van der Waals surface area contributed by atoms with Crippen LogP contribution in [0.1, 0.15) is 52.9 Å². The van der Waals surface area contributed by atoms with Gasteiger partial charge in [0.15, 0.2) is 0 Å². The molecular weight excluding hydrogens is 454 g/mol. The number of para-hydroxylation sites is 2. The van der Waals surface area contributed by atoms with Crippen molar-refractivity contribution in [2.45, 2.75) is 46.7 Å². The third-order valence-corrected chi connectivity index (χ3v) is 6.83. The lowest BCUT2D eigenvalue weighted by atomic mass is 10.0. The number of hydrogen-bond donors (Lipinski definition) is 3. The van der Waals surface area contributed by atoms with Crippen LogP contribution in [-0.2, 0) is 6.42 Å². The first kappa shape index (κ1) is 26.6. The first-order valence-corrected chi connectivity index (χ1v) is 13.3. The number of rotatable bonds is 7. The Morgan fingerprint density at radius 3 is 2.35 bits per heavy atom. The molecule has 4 aromatic rings. The van der Waals surface area contributed by atoms with Crippen LogP contribution >= 0.6 is 0 Å². The molecule has 1 aromatic heterocycles.